The molecule has 0 radical (unpaired) electrons. The molecular formula is C70H45NOS. The van der Waals surface area contributed by atoms with Crippen LogP contribution in [0.1, 0.15) is 47.2 Å². The number of hydrogen-bond donors (Lipinski definition) is 0. The predicted octanol–water partition coefficient (Wildman–Crippen LogP) is 19.3. The molecule has 1 unspecified atom stereocenters. The highest BCUT2D eigenvalue weighted by Gasteiger charge is 2.51. The summed E-state index contributed by atoms with van der Waals surface area (Å²) in [5.74, 6) is 1.71. The number of hydrogen-bond acceptors (Lipinski definition) is 3. The molecule has 16 rings (SSSR count). The summed E-state index contributed by atoms with van der Waals surface area (Å²) in [6.07, 6.45) is 0. The first-order valence-electron chi connectivity index (χ1n) is 25.4. The van der Waals surface area contributed by atoms with Gasteiger partial charge >= 0.3 is 0 Å². The fourth-order valence-corrected chi connectivity index (χ4v) is 14.8. The normalized spacial score (nSPS) is 15.5. The van der Waals surface area contributed by atoms with Crippen LogP contribution < -0.4 is 9.64 Å². The Hall–Kier alpha value is -8.76. The van der Waals surface area contributed by atoms with Crippen LogP contribution in [-0.4, -0.2) is 0 Å². The zero-order valence-corrected chi connectivity index (χ0v) is 41.1. The minimum atomic E-state index is -0.668. The van der Waals surface area contributed by atoms with Crippen LogP contribution >= 0.6 is 11.3 Å². The first-order valence-corrected chi connectivity index (χ1v) is 26.2. The van der Waals surface area contributed by atoms with Crippen molar-refractivity contribution in [2.45, 2.75) is 24.7 Å². The molecule has 3 heteroatoms. The number of benzene rings is 11. The second-order valence-electron chi connectivity index (χ2n) is 20.6. The highest BCUT2D eigenvalue weighted by atomic mass is 32.1. The molecule has 1 aliphatic heterocycles. The van der Waals surface area contributed by atoms with E-state index in [4.69, 9.17) is 4.74 Å². The van der Waals surface area contributed by atoms with Gasteiger partial charge in [0.1, 0.15) is 11.5 Å². The summed E-state index contributed by atoms with van der Waals surface area (Å²) >= 11 is 1.93. The Bertz CT molecular complexity index is 4360. The Morgan fingerprint density at radius 3 is 1.49 bits per heavy atom. The number of anilines is 3. The van der Waals surface area contributed by atoms with E-state index in [1.807, 2.05) is 11.3 Å². The Kier molecular flexibility index (Phi) is 8.35. The highest BCUT2D eigenvalue weighted by molar-refractivity contribution is 7.26. The van der Waals surface area contributed by atoms with Crippen LogP contribution in [0.25, 0.3) is 86.9 Å². The van der Waals surface area contributed by atoms with Gasteiger partial charge in [0.15, 0.2) is 0 Å². The monoisotopic (exact) mass is 947 g/mol. The molecule has 0 fully saturated rings. The van der Waals surface area contributed by atoms with Crippen molar-refractivity contribution in [1.82, 2.24) is 0 Å². The number of fused-ring (bicyclic) bond motifs is 24. The summed E-state index contributed by atoms with van der Waals surface area (Å²) in [5, 5.41) is 2.63. The number of thiophene rings is 1. The first kappa shape index (κ1) is 40.9. The van der Waals surface area contributed by atoms with Gasteiger partial charge in [0.2, 0.25) is 0 Å². The van der Waals surface area contributed by atoms with Crippen molar-refractivity contribution in [3.05, 3.63) is 270 Å². The molecule has 12 aromatic rings. The van der Waals surface area contributed by atoms with E-state index in [1.165, 1.54) is 98.1 Å². The summed E-state index contributed by atoms with van der Waals surface area (Å²) in [4.78, 5) is 2.52. The van der Waals surface area contributed by atoms with Gasteiger partial charge in [0, 0.05) is 59.3 Å². The summed E-state index contributed by atoms with van der Waals surface area (Å²) in [7, 11) is 0. The molecule has 2 heterocycles. The van der Waals surface area contributed by atoms with E-state index >= 15 is 0 Å². The molecule has 1 aromatic heterocycles. The van der Waals surface area contributed by atoms with Crippen molar-refractivity contribution in [2.75, 3.05) is 4.90 Å². The largest absolute Gasteiger partial charge is 0.456 e. The fraction of sp³-hybridized carbons (Fsp3) is 0.0571. The van der Waals surface area contributed by atoms with Crippen LogP contribution in [0.5, 0.6) is 11.5 Å². The Morgan fingerprint density at radius 2 is 0.795 bits per heavy atom. The molecule has 2 nitrogen and oxygen atoms in total. The summed E-state index contributed by atoms with van der Waals surface area (Å²) in [6.45, 7) is 4.76. The van der Waals surface area contributed by atoms with Crippen molar-refractivity contribution in [3.63, 3.8) is 0 Å². The Labute approximate surface area is 428 Å². The van der Waals surface area contributed by atoms with Crippen LogP contribution in [0.2, 0.25) is 0 Å². The topological polar surface area (TPSA) is 12.5 Å². The molecule has 1 atom stereocenters. The first-order chi connectivity index (χ1) is 36.0. The standard InChI is InChI=1S/C70H45NOS/c1-69(2)58-25-11-5-20-49(58)51-36-33-43(40-62(51)69)71(42-31-34-47-52-21-8-14-28-64(52)72-65-29-15-9-22-53(65)57(47)39-42)44-32-35-50-46-18-4-3-17-45(46)48-19-6-12-26-59(48)70(63(50)41-44)60-27-13-7-24-56(60)67-61(70)38-37-55-54-23-10-16-30-66(54)73-68(55)67/h3-41H,1-2H3. The average Bonchev–Trinajstić information content (AvgIpc) is 4.01. The van der Waals surface area contributed by atoms with Crippen molar-refractivity contribution in [3.8, 4) is 78.3 Å². The maximum absolute atomic E-state index is 6.73. The van der Waals surface area contributed by atoms with E-state index < -0.39 is 5.41 Å². The van der Waals surface area contributed by atoms with Gasteiger partial charge in [-0.15, -0.1) is 11.3 Å². The smallest absolute Gasteiger partial charge is 0.135 e. The summed E-state index contributed by atoms with van der Waals surface area (Å²) < 4.78 is 9.39. The molecule has 342 valence electrons. The van der Waals surface area contributed by atoms with Gasteiger partial charge < -0.3 is 9.64 Å². The second kappa shape index (κ2) is 14.9. The van der Waals surface area contributed by atoms with Gasteiger partial charge in [0.25, 0.3) is 0 Å². The van der Waals surface area contributed by atoms with Gasteiger partial charge in [-0.1, -0.05) is 196 Å². The molecule has 0 saturated carbocycles. The molecule has 3 aliphatic carbocycles. The van der Waals surface area contributed by atoms with Crippen molar-refractivity contribution in [1.29, 1.82) is 0 Å². The molecule has 11 aromatic carbocycles. The molecule has 0 amide bonds. The third-order valence-corrected chi connectivity index (χ3v) is 17.9. The van der Waals surface area contributed by atoms with Gasteiger partial charge in [-0.05, 0) is 138 Å². The number of ether oxygens (including phenoxy) is 1. The summed E-state index contributed by atoms with van der Waals surface area (Å²) in [5.41, 5.74) is 25.0. The zero-order valence-electron chi connectivity index (χ0n) is 40.3. The van der Waals surface area contributed by atoms with Gasteiger partial charge in [0.05, 0.1) is 5.41 Å². The third kappa shape index (κ3) is 5.47. The molecule has 1 spiro atoms. The van der Waals surface area contributed by atoms with Crippen molar-refractivity contribution in [2.24, 2.45) is 0 Å². The Balaban J connectivity index is 1.02. The van der Waals surface area contributed by atoms with Crippen LogP contribution in [0.15, 0.2) is 237 Å². The lowest BCUT2D eigenvalue weighted by molar-refractivity contribution is 0.488. The minimum Gasteiger partial charge on any atom is -0.456 e. The summed E-state index contributed by atoms with van der Waals surface area (Å²) in [6, 6.07) is 88.9. The van der Waals surface area contributed by atoms with E-state index in [-0.39, 0.29) is 5.41 Å². The lowest BCUT2D eigenvalue weighted by Gasteiger charge is -2.36. The van der Waals surface area contributed by atoms with Crippen LogP contribution in [0.4, 0.5) is 17.1 Å². The second-order valence-corrected chi connectivity index (χ2v) is 21.7. The molecule has 4 aliphatic rings. The van der Waals surface area contributed by atoms with Gasteiger partial charge in [-0.3, -0.25) is 0 Å². The van der Waals surface area contributed by atoms with E-state index in [2.05, 4.69) is 255 Å². The van der Waals surface area contributed by atoms with E-state index in [1.54, 1.807) is 0 Å². The highest BCUT2D eigenvalue weighted by Crippen LogP contribution is 2.64. The average molecular weight is 948 g/mol. The quantitative estimate of drug-likeness (QED) is 0.175. The molecule has 0 bridgehead atoms. The van der Waals surface area contributed by atoms with E-state index in [0.29, 0.717) is 0 Å². The molecule has 0 N–H and O–H groups in total. The SMILES string of the molecule is CC1(C)c2ccccc2-c2ccc(N(c3ccc4c(c3)-c3ccccc3Oc3ccccc3-4)c3ccc4c(c3)C3(c5ccccc5-c5ccccc5-4)c4ccccc4-c4c3ccc3c4sc4ccccc43)cc21. The van der Waals surface area contributed by atoms with E-state index in [0.717, 1.165) is 50.8 Å². The minimum absolute atomic E-state index is 0.193. The maximum atomic E-state index is 6.73. The van der Waals surface area contributed by atoms with E-state index in [9.17, 15) is 0 Å². The fourth-order valence-electron chi connectivity index (χ4n) is 13.6. The van der Waals surface area contributed by atoms with Gasteiger partial charge in [-0.2, -0.15) is 0 Å². The zero-order chi connectivity index (χ0) is 48.2. The number of para-hydroxylation sites is 2. The number of rotatable bonds is 3. The van der Waals surface area contributed by atoms with Crippen molar-refractivity contribution < 1.29 is 4.74 Å². The van der Waals surface area contributed by atoms with Crippen LogP contribution in [0, 0.1) is 0 Å². The maximum Gasteiger partial charge on any atom is 0.135 e. The number of nitrogens with zero attached hydrogens (tertiary/aromatic N) is 1. The third-order valence-electron chi connectivity index (χ3n) is 16.7. The predicted molar refractivity (Wildman–Crippen MR) is 304 cm³/mol. The van der Waals surface area contributed by atoms with Crippen molar-refractivity contribution >= 4 is 48.6 Å². The van der Waals surface area contributed by atoms with Crippen LogP contribution in [-0.2, 0) is 10.8 Å². The lowest BCUT2D eigenvalue weighted by atomic mass is 9.65. The van der Waals surface area contributed by atoms with Gasteiger partial charge in [-0.25, -0.2) is 0 Å². The molecule has 0 saturated heterocycles. The molecular weight excluding hydrogens is 903 g/mol. The lowest BCUT2D eigenvalue weighted by Crippen LogP contribution is -2.29. The molecule has 73 heavy (non-hydrogen) atoms. The van der Waals surface area contributed by atoms with Crippen LogP contribution in [0.3, 0.4) is 0 Å². The Morgan fingerprint density at radius 1 is 0.329 bits per heavy atom.